The van der Waals surface area contributed by atoms with Crippen LogP contribution in [0.25, 0.3) is 0 Å². The molecule has 1 aromatic rings. The van der Waals surface area contributed by atoms with Gasteiger partial charge in [-0.05, 0) is 81.6 Å². The molecule has 1 aliphatic rings. The van der Waals surface area contributed by atoms with Crippen molar-refractivity contribution in [2.45, 2.75) is 71.1 Å². The van der Waals surface area contributed by atoms with Crippen LogP contribution in [0, 0.1) is 0 Å². The van der Waals surface area contributed by atoms with Gasteiger partial charge >= 0.3 is 0 Å². The second-order valence-corrected chi connectivity index (χ2v) is 6.63. The quantitative estimate of drug-likeness (QED) is 0.550. The molecule has 2 rings (SSSR count). The molecule has 0 bridgehead atoms. The average Bonchev–Trinajstić information content (AvgIpc) is 2.52. The summed E-state index contributed by atoms with van der Waals surface area (Å²) in [5.41, 5.74) is 3.27. The van der Waals surface area contributed by atoms with Crippen LogP contribution >= 0.6 is 0 Å². The molecule has 21 heavy (non-hydrogen) atoms. The molecule has 0 saturated carbocycles. The van der Waals surface area contributed by atoms with E-state index in [1.54, 1.807) is 11.1 Å². The molecule has 0 amide bonds. The third-order valence-corrected chi connectivity index (χ3v) is 4.85. The fraction of sp³-hybridized carbons (Fsp3) is 0.700. The number of rotatable bonds is 9. The van der Waals surface area contributed by atoms with Crippen molar-refractivity contribution >= 4 is 0 Å². The maximum absolute atomic E-state index is 2.65. The summed E-state index contributed by atoms with van der Waals surface area (Å²) in [6, 6.07) is 9.14. The van der Waals surface area contributed by atoms with E-state index in [0.29, 0.717) is 0 Å². The normalized spacial score (nSPS) is 18.0. The third-order valence-electron chi connectivity index (χ3n) is 4.85. The molecule has 0 N–H and O–H groups in total. The van der Waals surface area contributed by atoms with Crippen molar-refractivity contribution in [1.29, 1.82) is 0 Å². The Balaban J connectivity index is 1.74. The van der Waals surface area contributed by atoms with E-state index in [9.17, 15) is 0 Å². The zero-order chi connectivity index (χ0) is 14.9. The van der Waals surface area contributed by atoms with Gasteiger partial charge in [-0.2, -0.15) is 0 Å². The van der Waals surface area contributed by atoms with E-state index in [4.69, 9.17) is 0 Å². The van der Waals surface area contributed by atoms with Gasteiger partial charge in [-0.25, -0.2) is 0 Å². The first kappa shape index (κ1) is 16.5. The molecule has 1 heteroatoms. The molecule has 0 fully saturated rings. The molecule has 0 unspecified atom stereocenters. The highest BCUT2D eigenvalue weighted by Gasteiger charge is 2.19. The first-order valence-electron chi connectivity index (χ1n) is 9.15. The lowest BCUT2D eigenvalue weighted by molar-refractivity contribution is 0.266. The minimum Gasteiger partial charge on any atom is -0.303 e. The smallest absolute Gasteiger partial charge is 0.00187 e. The molecule has 0 heterocycles. The number of fused-ring (bicyclic) bond motifs is 1. The summed E-state index contributed by atoms with van der Waals surface area (Å²) in [5.74, 6) is 0.834. The molecule has 0 aromatic heterocycles. The average molecular weight is 287 g/mol. The van der Waals surface area contributed by atoms with E-state index >= 15 is 0 Å². The van der Waals surface area contributed by atoms with Crippen molar-refractivity contribution < 1.29 is 0 Å². The Bertz CT molecular complexity index is 393. The van der Waals surface area contributed by atoms with Crippen LogP contribution in [0.1, 0.15) is 75.8 Å². The Morgan fingerprint density at radius 1 is 1.00 bits per heavy atom. The standard InChI is InChI=1S/C20H33N/c1-3-15-21(16-4-2)17-8-7-11-19-13-9-12-18-10-5-6-14-20(18)19/h5-6,10,14,19H,3-4,7-9,11-13,15-17H2,1-2H3/t19-/m1/s1. The lowest BCUT2D eigenvalue weighted by atomic mass is 9.80. The van der Waals surface area contributed by atoms with Crippen molar-refractivity contribution in [3.63, 3.8) is 0 Å². The second kappa shape index (κ2) is 9.25. The van der Waals surface area contributed by atoms with Crippen LogP contribution in [0.2, 0.25) is 0 Å². The van der Waals surface area contributed by atoms with E-state index < -0.39 is 0 Å². The van der Waals surface area contributed by atoms with Crippen molar-refractivity contribution in [3.8, 4) is 0 Å². The van der Waals surface area contributed by atoms with Gasteiger partial charge in [0.1, 0.15) is 0 Å². The van der Waals surface area contributed by atoms with Crippen molar-refractivity contribution in [2.24, 2.45) is 0 Å². The number of aryl methyl sites for hydroxylation is 1. The number of hydrogen-bond acceptors (Lipinski definition) is 1. The van der Waals surface area contributed by atoms with E-state index in [2.05, 4.69) is 43.0 Å². The third kappa shape index (κ3) is 5.14. The van der Waals surface area contributed by atoms with Crippen molar-refractivity contribution in [2.75, 3.05) is 19.6 Å². The highest BCUT2D eigenvalue weighted by Crippen LogP contribution is 2.34. The number of hydrogen-bond donors (Lipinski definition) is 0. The Morgan fingerprint density at radius 2 is 1.76 bits per heavy atom. The molecule has 1 nitrogen and oxygen atoms in total. The van der Waals surface area contributed by atoms with Gasteiger partial charge in [0.2, 0.25) is 0 Å². The minimum atomic E-state index is 0.834. The lowest BCUT2D eigenvalue weighted by Crippen LogP contribution is -2.26. The van der Waals surface area contributed by atoms with E-state index in [0.717, 1.165) is 5.92 Å². The van der Waals surface area contributed by atoms with Gasteiger partial charge in [-0.15, -0.1) is 0 Å². The molecule has 0 saturated heterocycles. The maximum atomic E-state index is 2.65. The predicted molar refractivity (Wildman–Crippen MR) is 93.0 cm³/mol. The maximum Gasteiger partial charge on any atom is -0.00187 e. The Morgan fingerprint density at radius 3 is 2.52 bits per heavy atom. The first-order chi connectivity index (χ1) is 10.3. The van der Waals surface area contributed by atoms with Crippen molar-refractivity contribution in [1.82, 2.24) is 4.90 Å². The largest absolute Gasteiger partial charge is 0.303 e. The fourth-order valence-corrected chi connectivity index (χ4v) is 3.85. The van der Waals surface area contributed by atoms with Gasteiger partial charge in [0.15, 0.2) is 0 Å². The highest BCUT2D eigenvalue weighted by atomic mass is 15.1. The summed E-state index contributed by atoms with van der Waals surface area (Å²) >= 11 is 0. The predicted octanol–water partition coefficient (Wildman–Crippen LogP) is 5.40. The van der Waals surface area contributed by atoms with Gasteiger partial charge in [0.05, 0.1) is 0 Å². The molecule has 1 aliphatic carbocycles. The Labute approximate surface area is 131 Å². The van der Waals surface area contributed by atoms with Crippen LogP contribution in [-0.2, 0) is 6.42 Å². The van der Waals surface area contributed by atoms with E-state index in [1.807, 2.05) is 0 Å². The van der Waals surface area contributed by atoms with E-state index in [-0.39, 0.29) is 0 Å². The molecule has 118 valence electrons. The number of nitrogens with zero attached hydrogens (tertiary/aromatic N) is 1. The first-order valence-corrected chi connectivity index (χ1v) is 9.15. The van der Waals surface area contributed by atoms with Gasteiger partial charge < -0.3 is 4.90 Å². The molecule has 1 aromatic carbocycles. The van der Waals surface area contributed by atoms with Crippen LogP contribution in [0.3, 0.4) is 0 Å². The Hall–Kier alpha value is -0.820. The summed E-state index contributed by atoms with van der Waals surface area (Å²) in [6.07, 6.45) is 10.8. The fourth-order valence-electron chi connectivity index (χ4n) is 3.85. The minimum absolute atomic E-state index is 0.834. The number of unbranched alkanes of at least 4 members (excludes halogenated alkanes) is 1. The van der Waals surface area contributed by atoms with Gasteiger partial charge in [0, 0.05) is 0 Å². The zero-order valence-corrected chi connectivity index (χ0v) is 14.1. The second-order valence-electron chi connectivity index (χ2n) is 6.63. The molecule has 0 radical (unpaired) electrons. The molecule has 0 aliphatic heterocycles. The summed E-state index contributed by atoms with van der Waals surface area (Å²) < 4.78 is 0. The summed E-state index contributed by atoms with van der Waals surface area (Å²) in [5, 5.41) is 0. The summed E-state index contributed by atoms with van der Waals surface area (Å²) in [4.78, 5) is 2.65. The molecular formula is C20H33N. The lowest BCUT2D eigenvalue weighted by Gasteiger charge is -2.26. The van der Waals surface area contributed by atoms with Gasteiger partial charge in [-0.3, -0.25) is 0 Å². The molecule has 1 atom stereocenters. The Kier molecular flexibility index (Phi) is 7.29. The van der Waals surface area contributed by atoms with E-state index in [1.165, 1.54) is 71.0 Å². The molecular weight excluding hydrogens is 254 g/mol. The monoisotopic (exact) mass is 287 g/mol. The summed E-state index contributed by atoms with van der Waals surface area (Å²) in [7, 11) is 0. The summed E-state index contributed by atoms with van der Waals surface area (Å²) in [6.45, 7) is 8.44. The van der Waals surface area contributed by atoms with Crippen LogP contribution in [0.4, 0.5) is 0 Å². The van der Waals surface area contributed by atoms with Gasteiger partial charge in [-0.1, -0.05) is 44.5 Å². The molecule has 0 spiro atoms. The topological polar surface area (TPSA) is 3.24 Å². The zero-order valence-electron chi connectivity index (χ0n) is 14.1. The SMILES string of the molecule is CCCN(CCC)CCCC[C@@H]1CCCc2ccccc21. The van der Waals surface area contributed by atoms with Crippen LogP contribution < -0.4 is 0 Å². The van der Waals surface area contributed by atoms with Crippen LogP contribution in [-0.4, -0.2) is 24.5 Å². The van der Waals surface area contributed by atoms with Gasteiger partial charge in [0.25, 0.3) is 0 Å². The van der Waals surface area contributed by atoms with Crippen LogP contribution in [0.5, 0.6) is 0 Å². The van der Waals surface area contributed by atoms with Crippen molar-refractivity contribution in [3.05, 3.63) is 35.4 Å². The van der Waals surface area contributed by atoms with Crippen LogP contribution in [0.15, 0.2) is 24.3 Å². The highest BCUT2D eigenvalue weighted by molar-refractivity contribution is 5.32. The number of benzene rings is 1.